The van der Waals surface area contributed by atoms with E-state index in [2.05, 4.69) is 46.3 Å². The molecular formula is C24H21ClCuN10O8S2. The van der Waals surface area contributed by atoms with Gasteiger partial charge < -0.3 is 50.5 Å². The third kappa shape index (κ3) is 9.37. The molecule has 0 atom stereocenters. The van der Waals surface area contributed by atoms with Gasteiger partial charge in [0, 0.05) is 10.5 Å². The molecule has 0 spiro atoms. The van der Waals surface area contributed by atoms with Gasteiger partial charge in [0.15, 0.2) is 5.84 Å². The van der Waals surface area contributed by atoms with E-state index in [0.717, 1.165) is 30.3 Å². The molecule has 0 aliphatic carbocycles. The molecular weight excluding hydrogens is 719 g/mol. The van der Waals surface area contributed by atoms with E-state index in [1.165, 1.54) is 0 Å². The minimum Gasteiger partial charge on any atom is -0.571 e. The monoisotopic (exact) mass is 739 g/mol. The molecule has 0 amide bonds. The van der Waals surface area contributed by atoms with Gasteiger partial charge in [0.05, 0.1) is 23.5 Å². The SMILES string of the molecule is NCNc1nc(Cl)nc(Nc2cc(S(=O)(=O)O)cc([N-]N=C(N=Nc3cc(S(O)(O)O)ccc3[C-]=O)c3ccccc3)c2O)n1.[Cu+2]. The van der Waals surface area contributed by atoms with Crippen molar-refractivity contribution in [1.82, 2.24) is 15.0 Å². The second kappa shape index (κ2) is 15.3. The number of rotatable bonds is 11. The van der Waals surface area contributed by atoms with E-state index in [-0.39, 0.29) is 68.6 Å². The molecule has 0 saturated carbocycles. The summed E-state index contributed by atoms with van der Waals surface area (Å²) in [4.78, 5) is 22.0. The van der Waals surface area contributed by atoms with Crippen molar-refractivity contribution in [3.05, 3.63) is 82.5 Å². The van der Waals surface area contributed by atoms with Crippen molar-refractivity contribution in [2.75, 3.05) is 17.3 Å². The molecule has 18 nitrogen and oxygen atoms in total. The van der Waals surface area contributed by atoms with Crippen molar-refractivity contribution < 1.29 is 53.6 Å². The number of phenols is 1. The first kappa shape index (κ1) is 36.2. The summed E-state index contributed by atoms with van der Waals surface area (Å²) in [6.07, 6.45) is 1.61. The molecule has 0 aliphatic heterocycles. The molecule has 1 aromatic heterocycles. The first-order valence-electron chi connectivity index (χ1n) is 12.0. The Morgan fingerprint density at radius 2 is 1.67 bits per heavy atom. The Bertz CT molecular complexity index is 1900. The number of anilines is 3. The summed E-state index contributed by atoms with van der Waals surface area (Å²) in [6.45, 7) is -0.0579. The topological polar surface area (TPSA) is 292 Å². The first-order chi connectivity index (χ1) is 21.3. The summed E-state index contributed by atoms with van der Waals surface area (Å²) < 4.78 is 62.6. The molecule has 9 N–H and O–H groups in total. The number of halogens is 1. The maximum Gasteiger partial charge on any atom is 2.00 e. The number of aromatic hydroxyl groups is 1. The third-order valence-corrected chi connectivity index (χ3v) is 7.30. The zero-order valence-corrected chi connectivity index (χ0v) is 26.0. The van der Waals surface area contributed by atoms with Gasteiger partial charge in [-0.3, -0.25) is 4.55 Å². The Hall–Kier alpha value is -4.28. The quantitative estimate of drug-likeness (QED) is 0.0119. The second-order valence-electron chi connectivity index (χ2n) is 8.46. The number of azo groups is 1. The van der Waals surface area contributed by atoms with E-state index in [1.54, 1.807) is 36.6 Å². The van der Waals surface area contributed by atoms with Crippen LogP contribution < -0.4 is 16.4 Å². The maximum absolute atomic E-state index is 12.0. The van der Waals surface area contributed by atoms with Crippen LogP contribution in [0.15, 0.2) is 85.8 Å². The number of hydrogen-bond donors (Lipinski definition) is 8. The number of phenolic OH excluding ortho intramolecular Hbond substituents is 1. The number of aromatic nitrogens is 3. The number of hydrogen-bond acceptors (Lipinski definition) is 15. The molecule has 4 rings (SSSR count). The van der Waals surface area contributed by atoms with Gasteiger partial charge >= 0.3 is 17.1 Å². The van der Waals surface area contributed by atoms with Gasteiger partial charge in [-0.2, -0.15) is 29.4 Å². The minimum atomic E-state index is -4.85. The van der Waals surface area contributed by atoms with E-state index >= 15 is 0 Å². The fourth-order valence-corrected chi connectivity index (χ4v) is 4.59. The smallest absolute Gasteiger partial charge is 0.571 e. The largest absolute Gasteiger partial charge is 2.00 e. The summed E-state index contributed by atoms with van der Waals surface area (Å²) in [7, 11) is -9.00. The van der Waals surface area contributed by atoms with E-state index in [9.17, 15) is 36.5 Å². The van der Waals surface area contributed by atoms with Crippen LogP contribution in [0.3, 0.4) is 0 Å². The van der Waals surface area contributed by atoms with Crippen LogP contribution in [-0.4, -0.2) is 65.5 Å². The minimum absolute atomic E-state index is 0. The summed E-state index contributed by atoms with van der Waals surface area (Å²) >= 11 is 5.90. The number of nitrogens with two attached hydrogens (primary N) is 1. The molecule has 0 aliphatic rings. The Balaban J connectivity index is 0.00000576. The van der Waals surface area contributed by atoms with Crippen molar-refractivity contribution in [2.24, 2.45) is 21.1 Å². The molecule has 1 heterocycles. The number of benzene rings is 3. The molecule has 0 saturated heterocycles. The van der Waals surface area contributed by atoms with Crippen molar-refractivity contribution in [3.63, 3.8) is 0 Å². The molecule has 245 valence electrons. The average molecular weight is 741 g/mol. The normalized spacial score (nSPS) is 12.3. The Kier molecular flexibility index (Phi) is 12.1. The summed E-state index contributed by atoms with van der Waals surface area (Å²) in [6, 6.07) is 13.0. The maximum atomic E-state index is 12.0. The van der Waals surface area contributed by atoms with Gasteiger partial charge in [-0.15, -0.1) is 10.7 Å². The van der Waals surface area contributed by atoms with Crippen molar-refractivity contribution in [3.8, 4) is 5.75 Å². The molecule has 3 aromatic carbocycles. The summed E-state index contributed by atoms with van der Waals surface area (Å²) in [5, 5.41) is 27.7. The van der Waals surface area contributed by atoms with E-state index < -0.39 is 37.3 Å². The van der Waals surface area contributed by atoms with Crippen LogP contribution in [0, 0.1) is 0 Å². The van der Waals surface area contributed by atoms with Crippen LogP contribution in [0.2, 0.25) is 5.28 Å². The summed E-state index contributed by atoms with van der Waals surface area (Å²) in [5.41, 5.74) is 8.46. The molecule has 0 fully saturated rings. The van der Waals surface area contributed by atoms with Gasteiger partial charge in [0.1, 0.15) is 16.6 Å². The predicted molar refractivity (Wildman–Crippen MR) is 164 cm³/mol. The standard InChI is InChI=1S/C24H21ClN10O8S2.Cu/c25-22-29-23(27-12-26)31-24(30-22)28-18-9-16(45(41,42)43)10-19(20(18)37)33-35-21(13-4-2-1-3-5-13)34-32-17-8-15(44(38,39)40)7-6-14(17)11-36;/h1-10H,12,26H2,(H7-,27,28,29,30,31,32,33,34,35,36,37,38,39,40,41,42,43);/q-2;+2. The number of nitrogens with zero attached hydrogens (tertiary/aromatic N) is 7. The first-order valence-corrected chi connectivity index (χ1v) is 15.4. The van der Waals surface area contributed by atoms with Gasteiger partial charge in [-0.25, -0.2) is 5.11 Å². The fourth-order valence-electron chi connectivity index (χ4n) is 3.39. The molecule has 46 heavy (non-hydrogen) atoms. The molecule has 4 aromatic rings. The van der Waals surface area contributed by atoms with Gasteiger partial charge in [0.25, 0.3) is 10.1 Å². The Morgan fingerprint density at radius 1 is 0.978 bits per heavy atom. The molecule has 0 unspecified atom stereocenters. The summed E-state index contributed by atoms with van der Waals surface area (Å²) in [5.74, 6) is -1.19. The van der Waals surface area contributed by atoms with Gasteiger partial charge in [-0.05, 0) is 23.4 Å². The fraction of sp³-hybridized carbons (Fsp3) is 0.0417. The van der Waals surface area contributed by atoms with E-state index in [0.29, 0.717) is 5.56 Å². The van der Waals surface area contributed by atoms with Crippen LogP contribution >= 0.6 is 22.5 Å². The van der Waals surface area contributed by atoms with Crippen LogP contribution in [-0.2, 0) is 32.0 Å². The van der Waals surface area contributed by atoms with Crippen molar-refractivity contribution in [2.45, 2.75) is 9.79 Å². The van der Waals surface area contributed by atoms with Crippen molar-refractivity contribution >= 4 is 73.7 Å². The van der Waals surface area contributed by atoms with Crippen LogP contribution in [0.25, 0.3) is 5.43 Å². The van der Waals surface area contributed by atoms with Crippen LogP contribution in [0.5, 0.6) is 5.75 Å². The zero-order chi connectivity index (χ0) is 32.8. The molecule has 1 radical (unpaired) electrons. The number of amidine groups is 1. The molecule has 22 heteroatoms. The van der Waals surface area contributed by atoms with Gasteiger partial charge in [0.2, 0.25) is 17.2 Å². The second-order valence-corrected chi connectivity index (χ2v) is 11.7. The van der Waals surface area contributed by atoms with Crippen molar-refractivity contribution in [1.29, 1.82) is 0 Å². The zero-order valence-electron chi connectivity index (χ0n) is 22.6. The van der Waals surface area contributed by atoms with Crippen LogP contribution in [0.1, 0.15) is 11.1 Å². The van der Waals surface area contributed by atoms with Crippen LogP contribution in [0.4, 0.5) is 29.0 Å². The number of nitrogens with one attached hydrogen (secondary N) is 2. The molecule has 0 bridgehead atoms. The van der Waals surface area contributed by atoms with Gasteiger partial charge in [-0.1, -0.05) is 54.2 Å². The average Bonchev–Trinajstić information content (AvgIpc) is 2.98. The predicted octanol–water partition coefficient (Wildman–Crippen LogP) is 4.74. The number of carbonyl (C=O) groups excluding carboxylic acids is 1. The van der Waals surface area contributed by atoms with E-state index in [1.807, 2.05) is 0 Å². The third-order valence-electron chi connectivity index (χ3n) is 5.41. The Morgan fingerprint density at radius 3 is 2.30 bits per heavy atom. The van der Waals surface area contributed by atoms with E-state index in [4.69, 9.17) is 17.3 Å². The Labute approximate surface area is 277 Å².